The minimum atomic E-state index is -0.949. The summed E-state index contributed by atoms with van der Waals surface area (Å²) in [6.45, 7) is 0. The lowest BCUT2D eigenvalue weighted by molar-refractivity contribution is -0.136. The van der Waals surface area contributed by atoms with Gasteiger partial charge in [0.2, 0.25) is 0 Å². The molecule has 16 heavy (non-hydrogen) atoms. The minimum absolute atomic E-state index is 0.412. The normalized spacial score (nSPS) is 15.8. The Labute approximate surface area is 104 Å². The molecule has 0 aromatic heterocycles. The molecule has 1 aliphatic rings. The van der Waals surface area contributed by atoms with Crippen LogP contribution in [0.4, 0.5) is 0 Å². The zero-order valence-corrected chi connectivity index (χ0v) is 10.4. The zero-order valence-electron chi connectivity index (χ0n) is 8.78. The topological polar surface area (TPSA) is 37.3 Å². The minimum Gasteiger partial charge on any atom is -0.480 e. The Kier molecular flexibility index (Phi) is 3.77. The van der Waals surface area contributed by atoms with Crippen LogP contribution in [0.2, 0.25) is 0 Å². The molecule has 1 aromatic rings. The van der Waals surface area contributed by atoms with Crippen molar-refractivity contribution in [3.05, 3.63) is 29.3 Å². The summed E-state index contributed by atoms with van der Waals surface area (Å²) >= 11 is 7.17. The first-order valence-corrected chi connectivity index (χ1v) is 6.70. The van der Waals surface area contributed by atoms with E-state index < -0.39 is 11.3 Å². The van der Waals surface area contributed by atoms with Crippen LogP contribution in [-0.2, 0) is 17.6 Å². The Balaban J connectivity index is 1.98. The molecule has 0 amide bonds. The van der Waals surface area contributed by atoms with E-state index in [4.69, 9.17) is 16.7 Å². The average Bonchev–Trinajstić information content (AvgIpc) is 2.72. The molecule has 0 aliphatic heterocycles. The molecule has 0 radical (unpaired) electrons. The number of carboxylic acid groups (broad SMARTS) is 1. The molecule has 1 unspecified atom stereocenters. The molecule has 1 atom stereocenters. The third kappa shape index (κ3) is 2.71. The smallest absolute Gasteiger partial charge is 0.322 e. The summed E-state index contributed by atoms with van der Waals surface area (Å²) in [7, 11) is 0. The van der Waals surface area contributed by atoms with E-state index in [2.05, 4.69) is 18.2 Å². The summed E-state index contributed by atoms with van der Waals surface area (Å²) in [6, 6.07) is 6.37. The summed E-state index contributed by atoms with van der Waals surface area (Å²) in [5, 5.41) is 7.86. The lowest BCUT2D eigenvalue weighted by Crippen LogP contribution is -2.15. The van der Waals surface area contributed by atoms with Gasteiger partial charge in [-0.2, -0.15) is 0 Å². The van der Waals surface area contributed by atoms with Crippen LogP contribution >= 0.6 is 23.4 Å². The molecule has 2 rings (SSSR count). The van der Waals surface area contributed by atoms with Crippen molar-refractivity contribution >= 4 is 29.3 Å². The van der Waals surface area contributed by atoms with Crippen molar-refractivity contribution in [2.24, 2.45) is 0 Å². The number of halogens is 1. The molecule has 2 nitrogen and oxygen atoms in total. The number of benzene rings is 1. The van der Waals surface area contributed by atoms with Crippen molar-refractivity contribution in [1.29, 1.82) is 0 Å². The monoisotopic (exact) mass is 256 g/mol. The van der Waals surface area contributed by atoms with Gasteiger partial charge < -0.3 is 5.11 Å². The predicted molar refractivity (Wildman–Crippen MR) is 66.5 cm³/mol. The first-order valence-electron chi connectivity index (χ1n) is 5.28. The number of aryl methyl sites for hydroxylation is 2. The van der Waals surface area contributed by atoms with Crippen molar-refractivity contribution in [3.8, 4) is 0 Å². The van der Waals surface area contributed by atoms with E-state index in [9.17, 15) is 4.79 Å². The molecule has 0 saturated heterocycles. The third-order valence-corrected chi connectivity index (χ3v) is 4.35. The SMILES string of the molecule is O=C(O)C(Cl)CSc1ccc2c(c1)CCC2. The van der Waals surface area contributed by atoms with Gasteiger partial charge in [-0.3, -0.25) is 4.79 Å². The van der Waals surface area contributed by atoms with Crippen molar-refractivity contribution in [3.63, 3.8) is 0 Å². The Morgan fingerprint density at radius 2 is 2.19 bits per heavy atom. The van der Waals surface area contributed by atoms with Crippen LogP contribution in [0.1, 0.15) is 17.5 Å². The number of carboxylic acids is 1. The first kappa shape index (κ1) is 11.8. The molecule has 0 saturated carbocycles. The quantitative estimate of drug-likeness (QED) is 0.665. The summed E-state index contributed by atoms with van der Waals surface area (Å²) in [5.74, 6) is -0.536. The van der Waals surface area contributed by atoms with Gasteiger partial charge in [-0.25, -0.2) is 0 Å². The molecular formula is C12H13ClO2S. The van der Waals surface area contributed by atoms with Crippen molar-refractivity contribution < 1.29 is 9.90 Å². The number of fused-ring (bicyclic) bond motifs is 1. The average molecular weight is 257 g/mol. The fourth-order valence-corrected chi connectivity index (χ4v) is 2.94. The second-order valence-electron chi connectivity index (χ2n) is 3.90. The van der Waals surface area contributed by atoms with Gasteiger partial charge in [0.25, 0.3) is 0 Å². The lowest BCUT2D eigenvalue weighted by Gasteiger charge is -2.06. The molecule has 1 N–H and O–H groups in total. The van der Waals surface area contributed by atoms with E-state index in [1.165, 1.54) is 35.7 Å². The molecular weight excluding hydrogens is 244 g/mol. The highest BCUT2D eigenvalue weighted by atomic mass is 35.5. The van der Waals surface area contributed by atoms with E-state index >= 15 is 0 Å². The fraction of sp³-hybridized carbons (Fsp3) is 0.417. The molecule has 86 valence electrons. The Bertz CT molecular complexity index is 406. The number of hydrogen-bond donors (Lipinski definition) is 1. The number of carbonyl (C=O) groups is 1. The number of aliphatic carboxylic acids is 1. The lowest BCUT2D eigenvalue weighted by atomic mass is 10.1. The highest BCUT2D eigenvalue weighted by Gasteiger charge is 2.15. The summed E-state index contributed by atoms with van der Waals surface area (Å²) in [4.78, 5) is 11.7. The number of thioether (sulfide) groups is 1. The number of hydrogen-bond acceptors (Lipinski definition) is 2. The molecule has 0 bridgehead atoms. The standard InChI is InChI=1S/C12H13ClO2S/c13-11(12(14)15)7-16-10-5-4-8-2-1-3-9(8)6-10/h4-6,11H,1-3,7H2,(H,14,15). The number of alkyl halides is 1. The van der Waals surface area contributed by atoms with Gasteiger partial charge in [0, 0.05) is 10.6 Å². The van der Waals surface area contributed by atoms with E-state index in [-0.39, 0.29) is 0 Å². The summed E-state index contributed by atoms with van der Waals surface area (Å²) < 4.78 is 0. The van der Waals surface area contributed by atoms with Crippen LogP contribution in [0.25, 0.3) is 0 Å². The van der Waals surface area contributed by atoms with Gasteiger partial charge in [0.05, 0.1) is 0 Å². The van der Waals surface area contributed by atoms with E-state index in [0.717, 1.165) is 11.3 Å². The maximum Gasteiger partial charge on any atom is 0.322 e. The molecule has 1 aromatic carbocycles. The fourth-order valence-electron chi connectivity index (χ4n) is 1.88. The molecule has 0 heterocycles. The van der Waals surface area contributed by atoms with Crippen LogP contribution in [0.3, 0.4) is 0 Å². The van der Waals surface area contributed by atoms with Crippen molar-refractivity contribution in [2.45, 2.75) is 29.5 Å². The predicted octanol–water partition coefficient (Wildman–Crippen LogP) is 2.96. The van der Waals surface area contributed by atoms with Crippen LogP contribution in [-0.4, -0.2) is 22.2 Å². The van der Waals surface area contributed by atoms with Gasteiger partial charge in [-0.15, -0.1) is 23.4 Å². The second-order valence-corrected chi connectivity index (χ2v) is 5.52. The zero-order chi connectivity index (χ0) is 11.5. The van der Waals surface area contributed by atoms with Crippen LogP contribution < -0.4 is 0 Å². The van der Waals surface area contributed by atoms with Crippen molar-refractivity contribution in [1.82, 2.24) is 0 Å². The highest BCUT2D eigenvalue weighted by Crippen LogP contribution is 2.28. The maximum absolute atomic E-state index is 10.6. The largest absolute Gasteiger partial charge is 0.480 e. The van der Waals surface area contributed by atoms with Crippen LogP contribution in [0.5, 0.6) is 0 Å². The first-order chi connectivity index (χ1) is 7.66. The molecule has 0 fully saturated rings. The van der Waals surface area contributed by atoms with E-state index in [1.807, 2.05) is 0 Å². The Morgan fingerprint density at radius 1 is 1.44 bits per heavy atom. The van der Waals surface area contributed by atoms with Crippen LogP contribution in [0.15, 0.2) is 23.1 Å². The van der Waals surface area contributed by atoms with Crippen LogP contribution in [0, 0.1) is 0 Å². The van der Waals surface area contributed by atoms with Gasteiger partial charge in [-0.05, 0) is 42.5 Å². The van der Waals surface area contributed by atoms with Gasteiger partial charge in [0.15, 0.2) is 0 Å². The maximum atomic E-state index is 10.6. The van der Waals surface area contributed by atoms with Crippen molar-refractivity contribution in [2.75, 3.05) is 5.75 Å². The van der Waals surface area contributed by atoms with E-state index in [1.54, 1.807) is 0 Å². The third-order valence-electron chi connectivity index (χ3n) is 2.73. The molecule has 4 heteroatoms. The second kappa shape index (κ2) is 5.11. The highest BCUT2D eigenvalue weighted by molar-refractivity contribution is 7.99. The van der Waals surface area contributed by atoms with Gasteiger partial charge in [-0.1, -0.05) is 6.07 Å². The van der Waals surface area contributed by atoms with Gasteiger partial charge in [0.1, 0.15) is 5.38 Å². The Hall–Kier alpha value is -0.670. The molecule has 1 aliphatic carbocycles. The van der Waals surface area contributed by atoms with E-state index in [0.29, 0.717) is 5.75 Å². The summed E-state index contributed by atoms with van der Waals surface area (Å²) in [6.07, 6.45) is 3.55. The Morgan fingerprint density at radius 3 is 2.94 bits per heavy atom. The number of rotatable bonds is 4. The van der Waals surface area contributed by atoms with Gasteiger partial charge >= 0.3 is 5.97 Å². The molecule has 0 spiro atoms. The summed E-state index contributed by atoms with van der Waals surface area (Å²) in [5.41, 5.74) is 2.84.